The van der Waals surface area contributed by atoms with Gasteiger partial charge in [0.05, 0.1) is 17.8 Å². The van der Waals surface area contributed by atoms with E-state index in [1.54, 1.807) is 6.20 Å². The fourth-order valence-electron chi connectivity index (χ4n) is 8.87. The summed E-state index contributed by atoms with van der Waals surface area (Å²) < 4.78 is 20.8. The predicted octanol–water partition coefficient (Wildman–Crippen LogP) is 10.7. The number of hydrogen-bond acceptors (Lipinski definition) is 5. The number of para-hydroxylation sites is 1. The summed E-state index contributed by atoms with van der Waals surface area (Å²) >= 11 is 0. The minimum absolute atomic E-state index is 0.252. The number of rotatable bonds is 15. The number of aromatic amines is 1. The lowest BCUT2D eigenvalue weighted by atomic mass is 9.80. The van der Waals surface area contributed by atoms with Crippen molar-refractivity contribution in [2.24, 2.45) is 0 Å². The normalized spacial score (nSPS) is 13.7. The number of carbonyl (C=O) groups excluding carboxylic acids is 2. The Kier molecular flexibility index (Phi) is 11.1. The quantitative estimate of drug-likeness (QED) is 0.0471. The molecular formula is C48H50N2O5Si. The smallest absolute Gasteiger partial charge is 0.259 e. The zero-order valence-corrected chi connectivity index (χ0v) is 34.0. The van der Waals surface area contributed by atoms with E-state index in [0.29, 0.717) is 58.0 Å². The summed E-state index contributed by atoms with van der Waals surface area (Å²) in [5.41, 5.74) is 5.51. The van der Waals surface area contributed by atoms with Crippen LogP contribution >= 0.6 is 0 Å². The molecule has 1 aliphatic heterocycles. The van der Waals surface area contributed by atoms with Crippen molar-refractivity contribution >= 4 is 42.2 Å². The molecule has 0 atom stereocenters. The van der Waals surface area contributed by atoms with E-state index in [1.165, 1.54) is 0 Å². The molecule has 0 aliphatic carbocycles. The minimum atomic E-state index is -2.14. The highest BCUT2D eigenvalue weighted by Gasteiger charge is 2.45. The molecule has 2 heterocycles. The molecule has 0 unspecified atom stereocenters. The molecular weight excluding hydrogens is 713 g/mol. The first kappa shape index (κ1) is 38.6. The largest absolute Gasteiger partial charge is 0.491 e. The zero-order chi connectivity index (χ0) is 39.5. The van der Waals surface area contributed by atoms with Gasteiger partial charge >= 0.3 is 0 Å². The summed E-state index contributed by atoms with van der Waals surface area (Å²) in [4.78, 5) is 30.8. The molecule has 0 saturated heterocycles. The topological polar surface area (TPSA) is 89.7 Å². The number of aromatic nitrogens is 1. The Morgan fingerprint density at radius 2 is 1.09 bits per heavy atom. The van der Waals surface area contributed by atoms with E-state index in [9.17, 15) is 9.59 Å². The fraction of sp³-hybridized carbons (Fsp3) is 0.250. The first-order valence-corrected chi connectivity index (χ1v) is 21.6. The van der Waals surface area contributed by atoms with Gasteiger partial charge in [-0.25, -0.2) is 0 Å². The lowest BCUT2D eigenvalue weighted by Gasteiger charge is -2.42. The molecule has 2 N–H and O–H groups in total. The Labute approximate surface area is 330 Å². The van der Waals surface area contributed by atoms with E-state index in [2.05, 4.69) is 88.2 Å². The average molecular weight is 763 g/mol. The second-order valence-corrected chi connectivity index (χ2v) is 20.8. The second-order valence-electron chi connectivity index (χ2n) is 15.4. The zero-order valence-electron chi connectivity index (χ0n) is 33.0. The number of imide groups is 1. The van der Waals surface area contributed by atoms with Gasteiger partial charge in [0.1, 0.15) is 18.1 Å². The third-order valence-electron chi connectivity index (χ3n) is 11.2. The molecule has 7 rings (SSSR count). The first-order chi connectivity index (χ1) is 27.1. The summed E-state index contributed by atoms with van der Waals surface area (Å²) in [5, 5.41) is 3.41. The minimum Gasteiger partial charge on any atom is -0.491 e. The SMILES string of the molecule is CC(C)[Si](OCCOc1cc(OC(c2ccccc2)(c2ccccc2)c2ccccc2)cc(C2=C(c3c[nH]c4ccccc34)C(=O)NC2=O)c1)(C(C)C)C(C)C. The Morgan fingerprint density at radius 3 is 1.64 bits per heavy atom. The van der Waals surface area contributed by atoms with Gasteiger partial charge in [-0.1, -0.05) is 151 Å². The highest BCUT2D eigenvalue weighted by molar-refractivity contribution is 6.77. The molecule has 1 aliphatic rings. The highest BCUT2D eigenvalue weighted by atomic mass is 28.4. The Balaban J connectivity index is 1.38. The van der Waals surface area contributed by atoms with Gasteiger partial charge in [-0.3, -0.25) is 14.9 Å². The molecule has 8 heteroatoms. The van der Waals surface area contributed by atoms with Crippen LogP contribution in [0.15, 0.2) is 140 Å². The number of hydrogen-bond donors (Lipinski definition) is 2. The van der Waals surface area contributed by atoms with Crippen LogP contribution in [0, 0.1) is 0 Å². The van der Waals surface area contributed by atoms with Gasteiger partial charge in [0.25, 0.3) is 11.8 Å². The Morgan fingerprint density at radius 1 is 0.589 bits per heavy atom. The number of carbonyl (C=O) groups is 2. The van der Waals surface area contributed by atoms with E-state index in [1.807, 2.05) is 97.1 Å². The van der Waals surface area contributed by atoms with E-state index >= 15 is 0 Å². The fourth-order valence-corrected chi connectivity index (χ4v) is 14.3. The molecule has 0 saturated carbocycles. The number of amides is 2. The molecule has 0 bridgehead atoms. The van der Waals surface area contributed by atoms with Crippen LogP contribution in [0.3, 0.4) is 0 Å². The van der Waals surface area contributed by atoms with Crippen molar-refractivity contribution in [2.75, 3.05) is 13.2 Å². The van der Waals surface area contributed by atoms with E-state index in [4.69, 9.17) is 13.9 Å². The maximum absolute atomic E-state index is 13.9. The van der Waals surface area contributed by atoms with Crippen LogP contribution in [-0.4, -0.2) is 38.3 Å². The lowest BCUT2D eigenvalue weighted by Crippen LogP contribution is -2.48. The van der Waals surface area contributed by atoms with Crippen LogP contribution in [0.5, 0.6) is 11.5 Å². The maximum atomic E-state index is 13.9. The van der Waals surface area contributed by atoms with Crippen LogP contribution < -0.4 is 14.8 Å². The van der Waals surface area contributed by atoms with Crippen LogP contribution in [-0.2, 0) is 19.6 Å². The average Bonchev–Trinajstić information content (AvgIpc) is 3.76. The molecule has 56 heavy (non-hydrogen) atoms. The van der Waals surface area contributed by atoms with Crippen LogP contribution in [0.25, 0.3) is 22.0 Å². The number of nitrogens with one attached hydrogen (secondary N) is 2. The summed E-state index contributed by atoms with van der Waals surface area (Å²) in [6.45, 7) is 14.3. The van der Waals surface area contributed by atoms with Gasteiger partial charge in [0.15, 0.2) is 13.9 Å². The van der Waals surface area contributed by atoms with Gasteiger partial charge in [-0.15, -0.1) is 0 Å². The number of fused-ring (bicyclic) bond motifs is 1. The summed E-state index contributed by atoms with van der Waals surface area (Å²) in [6, 6.07) is 43.6. The number of ether oxygens (including phenoxy) is 2. The van der Waals surface area contributed by atoms with Crippen molar-refractivity contribution in [3.05, 3.63) is 167 Å². The molecule has 0 radical (unpaired) electrons. The van der Waals surface area contributed by atoms with Crippen molar-refractivity contribution in [3.8, 4) is 11.5 Å². The summed E-state index contributed by atoms with van der Waals surface area (Å²) in [6.07, 6.45) is 1.78. The lowest BCUT2D eigenvalue weighted by molar-refractivity contribution is -0.122. The van der Waals surface area contributed by atoms with Crippen molar-refractivity contribution < 1.29 is 23.5 Å². The van der Waals surface area contributed by atoms with Crippen molar-refractivity contribution in [1.82, 2.24) is 10.3 Å². The van der Waals surface area contributed by atoms with Gasteiger partial charge in [-0.05, 0) is 40.4 Å². The molecule has 286 valence electrons. The molecule has 7 nitrogen and oxygen atoms in total. The van der Waals surface area contributed by atoms with Crippen LogP contribution in [0.1, 0.15) is 69.4 Å². The molecule has 0 fully saturated rings. The maximum Gasteiger partial charge on any atom is 0.259 e. The van der Waals surface area contributed by atoms with Crippen LogP contribution in [0.4, 0.5) is 0 Å². The third-order valence-corrected chi connectivity index (χ3v) is 17.3. The number of H-pyrrole nitrogens is 1. The van der Waals surface area contributed by atoms with E-state index < -0.39 is 25.7 Å². The van der Waals surface area contributed by atoms with Crippen molar-refractivity contribution in [2.45, 2.75) is 63.8 Å². The molecule has 6 aromatic rings. The summed E-state index contributed by atoms with van der Waals surface area (Å²) in [7, 11) is -2.14. The standard InChI is InChI=1S/C48H50N2O5Si/c1-32(2)56(33(3)4,34(5)6)54-27-26-53-39-28-35(44-45(47(52)50-46(44)51)42-31-49-43-25-17-16-24-41(42)43)29-40(30-39)55-48(36-18-10-7-11-19-36,37-20-12-8-13-21-37)38-22-14-9-15-23-38/h7-25,28-34,49H,26-27H2,1-6H3,(H,50,51,52). The molecule has 5 aromatic carbocycles. The second kappa shape index (κ2) is 16.2. The van der Waals surface area contributed by atoms with Gasteiger partial charge < -0.3 is 18.9 Å². The first-order valence-electron chi connectivity index (χ1n) is 19.5. The van der Waals surface area contributed by atoms with Gasteiger partial charge in [-0.2, -0.15) is 0 Å². The summed E-state index contributed by atoms with van der Waals surface area (Å²) in [5.74, 6) is 0.0152. The van der Waals surface area contributed by atoms with Crippen molar-refractivity contribution in [3.63, 3.8) is 0 Å². The number of benzene rings is 5. The van der Waals surface area contributed by atoms with Gasteiger partial charge in [0, 0.05) is 45.4 Å². The third kappa shape index (κ3) is 7.11. The molecule has 2 amide bonds. The highest BCUT2D eigenvalue weighted by Crippen LogP contribution is 2.45. The monoisotopic (exact) mass is 762 g/mol. The molecule has 1 aromatic heterocycles. The van der Waals surface area contributed by atoms with Crippen molar-refractivity contribution in [1.29, 1.82) is 0 Å². The van der Waals surface area contributed by atoms with Crippen LogP contribution in [0.2, 0.25) is 16.6 Å². The predicted molar refractivity (Wildman–Crippen MR) is 227 cm³/mol. The Hall–Kier alpha value is -5.70. The van der Waals surface area contributed by atoms with E-state index in [-0.39, 0.29) is 5.57 Å². The van der Waals surface area contributed by atoms with Gasteiger partial charge in [0.2, 0.25) is 0 Å². The Bertz CT molecular complexity index is 2230. The molecule has 0 spiro atoms. The van der Waals surface area contributed by atoms with E-state index in [0.717, 1.165) is 27.6 Å².